The second kappa shape index (κ2) is 5.07. The molecule has 5 nitrogen and oxygen atoms in total. The molecule has 0 bridgehead atoms. The highest BCUT2D eigenvalue weighted by Crippen LogP contribution is 2.41. The topological polar surface area (TPSA) is 55.8 Å². The van der Waals surface area contributed by atoms with E-state index in [2.05, 4.69) is 0 Å². The summed E-state index contributed by atoms with van der Waals surface area (Å²) >= 11 is 0. The van der Waals surface area contributed by atoms with Gasteiger partial charge in [0, 0.05) is 7.05 Å². The first-order valence-corrected chi connectivity index (χ1v) is 6.26. The van der Waals surface area contributed by atoms with Gasteiger partial charge in [0.25, 0.3) is 0 Å². The predicted octanol–water partition coefficient (Wildman–Crippen LogP) is 1.11. The molecular weight excluding hydrogens is 246 g/mol. The molecule has 104 valence electrons. The fraction of sp³-hybridized carbons (Fsp3) is 0.571. The van der Waals surface area contributed by atoms with Crippen molar-refractivity contribution in [3.8, 4) is 0 Å². The van der Waals surface area contributed by atoms with Gasteiger partial charge in [0.05, 0.1) is 32.1 Å². The molecule has 0 radical (unpaired) electrons. The van der Waals surface area contributed by atoms with E-state index in [4.69, 9.17) is 9.47 Å². The highest BCUT2D eigenvalue weighted by Gasteiger charge is 2.48. The molecule has 0 aromatic rings. The Balaban J connectivity index is 2.43. The quantitative estimate of drug-likeness (QED) is 0.700. The zero-order chi connectivity index (χ0) is 14.2. The number of methoxy groups -OCH3 is 2. The fourth-order valence-corrected chi connectivity index (χ4v) is 3.06. The van der Waals surface area contributed by atoms with Gasteiger partial charge in [-0.15, -0.1) is 0 Å². The second-order valence-corrected chi connectivity index (χ2v) is 5.04. The van der Waals surface area contributed by atoms with Gasteiger partial charge in [-0.1, -0.05) is 5.57 Å². The Morgan fingerprint density at radius 2 is 1.89 bits per heavy atom. The molecule has 0 aromatic heterocycles. The Morgan fingerprint density at radius 3 is 2.47 bits per heavy atom. The van der Waals surface area contributed by atoms with E-state index in [0.29, 0.717) is 6.42 Å². The summed E-state index contributed by atoms with van der Waals surface area (Å²) < 4.78 is 9.72. The minimum absolute atomic E-state index is 0.134. The number of ether oxygens (including phenoxy) is 2. The van der Waals surface area contributed by atoms with E-state index in [1.807, 2.05) is 31.1 Å². The number of hydrogen-bond acceptors (Lipinski definition) is 5. The zero-order valence-corrected chi connectivity index (χ0v) is 11.7. The van der Waals surface area contributed by atoms with E-state index in [9.17, 15) is 9.59 Å². The van der Waals surface area contributed by atoms with Crippen molar-refractivity contribution in [2.75, 3.05) is 21.3 Å². The molecule has 0 saturated carbocycles. The first-order valence-electron chi connectivity index (χ1n) is 6.26. The summed E-state index contributed by atoms with van der Waals surface area (Å²) in [4.78, 5) is 26.0. The number of carbonyl (C=O) groups is 2. The van der Waals surface area contributed by atoms with Gasteiger partial charge in [-0.25, -0.2) is 0 Å². The number of carbonyl (C=O) groups excluding carboxylic acids is 2. The zero-order valence-electron chi connectivity index (χ0n) is 11.7. The van der Waals surface area contributed by atoms with Gasteiger partial charge in [0.2, 0.25) is 0 Å². The molecule has 2 aliphatic rings. The minimum atomic E-state index is -0.517. The normalized spacial score (nSPS) is 29.3. The molecule has 3 atom stereocenters. The number of fused-ring (bicyclic) bond motifs is 1. The Morgan fingerprint density at radius 1 is 1.26 bits per heavy atom. The second-order valence-electron chi connectivity index (χ2n) is 5.04. The third-order valence-corrected chi connectivity index (χ3v) is 4.02. The lowest BCUT2D eigenvalue weighted by molar-refractivity contribution is -0.159. The van der Waals surface area contributed by atoms with Crippen LogP contribution in [-0.2, 0) is 19.1 Å². The smallest absolute Gasteiger partial charge is 0.312 e. The van der Waals surface area contributed by atoms with Gasteiger partial charge in [0.1, 0.15) is 0 Å². The Hall–Kier alpha value is -1.78. The van der Waals surface area contributed by atoms with E-state index in [-0.39, 0.29) is 18.0 Å². The average Bonchev–Trinajstić information content (AvgIpc) is 2.80. The molecule has 0 N–H and O–H groups in total. The molecule has 0 saturated heterocycles. The van der Waals surface area contributed by atoms with Gasteiger partial charge >= 0.3 is 11.9 Å². The molecule has 2 rings (SSSR count). The molecule has 1 heterocycles. The van der Waals surface area contributed by atoms with Crippen molar-refractivity contribution in [1.82, 2.24) is 4.90 Å². The van der Waals surface area contributed by atoms with Crippen molar-refractivity contribution >= 4 is 11.9 Å². The number of esters is 2. The fourth-order valence-electron chi connectivity index (χ4n) is 3.06. The standard InChI is InChI=1S/C14H19NO4/c1-8-7-10(13(16)18-3)11(14(17)19-4)12-9(8)5-6-15(12)2/h5-6,10-12H,7H2,1-4H3. The maximum absolute atomic E-state index is 12.1. The summed E-state index contributed by atoms with van der Waals surface area (Å²) in [6.45, 7) is 2.00. The lowest BCUT2D eigenvalue weighted by Gasteiger charge is -2.37. The predicted molar refractivity (Wildman–Crippen MR) is 69.0 cm³/mol. The van der Waals surface area contributed by atoms with E-state index in [1.54, 1.807) is 0 Å². The number of hydrogen-bond donors (Lipinski definition) is 0. The molecule has 1 aliphatic heterocycles. The Kier molecular flexibility index (Phi) is 3.64. The van der Waals surface area contributed by atoms with Crippen LogP contribution in [0, 0.1) is 11.8 Å². The van der Waals surface area contributed by atoms with Crippen molar-refractivity contribution in [2.45, 2.75) is 19.4 Å². The molecule has 5 heteroatoms. The van der Waals surface area contributed by atoms with E-state index in [0.717, 1.165) is 11.1 Å². The van der Waals surface area contributed by atoms with E-state index >= 15 is 0 Å². The van der Waals surface area contributed by atoms with Crippen molar-refractivity contribution < 1.29 is 19.1 Å². The molecule has 0 aromatic carbocycles. The third-order valence-electron chi connectivity index (χ3n) is 4.02. The summed E-state index contributed by atoms with van der Waals surface area (Å²) in [6.07, 6.45) is 4.47. The van der Waals surface area contributed by atoms with Crippen LogP contribution in [0.4, 0.5) is 0 Å². The molecule has 19 heavy (non-hydrogen) atoms. The minimum Gasteiger partial charge on any atom is -0.469 e. The van der Waals surface area contributed by atoms with E-state index in [1.165, 1.54) is 14.2 Å². The maximum atomic E-state index is 12.1. The van der Waals surface area contributed by atoms with Crippen molar-refractivity contribution in [3.05, 3.63) is 23.4 Å². The van der Waals surface area contributed by atoms with Crippen LogP contribution in [0.1, 0.15) is 13.3 Å². The summed E-state index contributed by atoms with van der Waals surface area (Å²) in [6, 6.07) is -0.134. The van der Waals surface area contributed by atoms with Gasteiger partial charge in [-0.3, -0.25) is 9.59 Å². The summed E-state index contributed by atoms with van der Waals surface area (Å²) in [5.74, 6) is -1.71. The lowest BCUT2D eigenvalue weighted by Crippen LogP contribution is -2.47. The van der Waals surface area contributed by atoms with Crippen LogP contribution in [-0.4, -0.2) is 44.1 Å². The van der Waals surface area contributed by atoms with E-state index < -0.39 is 11.8 Å². The van der Waals surface area contributed by atoms with Crippen molar-refractivity contribution in [3.63, 3.8) is 0 Å². The number of allylic oxidation sites excluding steroid dienone is 1. The number of rotatable bonds is 2. The van der Waals surface area contributed by atoms with Crippen LogP contribution >= 0.6 is 0 Å². The van der Waals surface area contributed by atoms with Gasteiger partial charge in [-0.05, 0) is 31.2 Å². The lowest BCUT2D eigenvalue weighted by atomic mass is 9.73. The Labute approximate surface area is 112 Å². The van der Waals surface area contributed by atoms with Crippen molar-refractivity contribution in [2.24, 2.45) is 11.8 Å². The largest absolute Gasteiger partial charge is 0.469 e. The molecule has 0 amide bonds. The van der Waals surface area contributed by atoms with Gasteiger partial charge in [0.15, 0.2) is 0 Å². The molecule has 1 aliphatic carbocycles. The first kappa shape index (κ1) is 13.6. The Bertz CT molecular complexity index is 466. The molecule has 0 spiro atoms. The number of nitrogens with zero attached hydrogens (tertiary/aromatic N) is 1. The van der Waals surface area contributed by atoms with Crippen LogP contribution in [0.2, 0.25) is 0 Å². The van der Waals surface area contributed by atoms with Gasteiger partial charge in [-0.2, -0.15) is 0 Å². The third kappa shape index (κ3) is 2.13. The van der Waals surface area contributed by atoms with Crippen LogP contribution in [0.3, 0.4) is 0 Å². The first-order chi connectivity index (χ1) is 9.01. The highest BCUT2D eigenvalue weighted by atomic mass is 16.5. The van der Waals surface area contributed by atoms with Crippen LogP contribution in [0.25, 0.3) is 0 Å². The number of likely N-dealkylation sites (N-methyl/N-ethyl adjacent to an activating group) is 1. The van der Waals surface area contributed by atoms with Crippen LogP contribution in [0.5, 0.6) is 0 Å². The molecule has 0 fully saturated rings. The van der Waals surface area contributed by atoms with Crippen LogP contribution < -0.4 is 0 Å². The summed E-state index contributed by atoms with van der Waals surface area (Å²) in [5.41, 5.74) is 2.24. The monoisotopic (exact) mass is 265 g/mol. The molecular formula is C14H19NO4. The molecule has 3 unspecified atom stereocenters. The van der Waals surface area contributed by atoms with Gasteiger partial charge < -0.3 is 14.4 Å². The van der Waals surface area contributed by atoms with Crippen LogP contribution in [0.15, 0.2) is 23.4 Å². The average molecular weight is 265 g/mol. The maximum Gasteiger partial charge on any atom is 0.312 e. The van der Waals surface area contributed by atoms with Crippen molar-refractivity contribution in [1.29, 1.82) is 0 Å². The summed E-state index contributed by atoms with van der Waals surface area (Å²) in [7, 11) is 4.60. The highest BCUT2D eigenvalue weighted by molar-refractivity contribution is 5.84. The SMILES string of the molecule is COC(=O)C1CC(C)=C2C=CN(C)C2C1C(=O)OC. The summed E-state index contributed by atoms with van der Waals surface area (Å²) in [5, 5.41) is 0.